The van der Waals surface area contributed by atoms with E-state index in [0.29, 0.717) is 24.1 Å². The Hall–Kier alpha value is -2.94. The molecule has 1 aliphatic carbocycles. The minimum atomic E-state index is -4.78. The summed E-state index contributed by atoms with van der Waals surface area (Å²) in [5.74, 6) is -1.92. The first-order valence-electron chi connectivity index (χ1n) is 11.2. The van der Waals surface area contributed by atoms with Crippen LogP contribution in [-0.4, -0.2) is 36.5 Å². The van der Waals surface area contributed by atoms with E-state index in [1.165, 1.54) is 13.2 Å². The highest BCUT2D eigenvalue weighted by Gasteiger charge is 2.47. The number of piperidine rings is 1. The molecule has 0 aromatic heterocycles. The molecule has 0 unspecified atom stereocenters. The average molecular weight is 478 g/mol. The number of carbonyl (C=O) groups is 2. The Labute approximate surface area is 195 Å². The molecular formula is C25H26F4N2O3. The monoisotopic (exact) mass is 478 g/mol. The van der Waals surface area contributed by atoms with Gasteiger partial charge in [0.1, 0.15) is 5.82 Å². The molecule has 1 aliphatic heterocycles. The second-order valence-corrected chi connectivity index (χ2v) is 8.93. The number of esters is 1. The highest BCUT2D eigenvalue weighted by Crippen LogP contribution is 2.46. The van der Waals surface area contributed by atoms with Crippen molar-refractivity contribution in [3.05, 3.63) is 70.5 Å². The van der Waals surface area contributed by atoms with Crippen LogP contribution in [0, 0.1) is 5.82 Å². The van der Waals surface area contributed by atoms with Crippen molar-refractivity contribution in [1.29, 1.82) is 0 Å². The van der Waals surface area contributed by atoms with Gasteiger partial charge in [0.25, 0.3) is 0 Å². The molecule has 5 nitrogen and oxygen atoms in total. The van der Waals surface area contributed by atoms with Gasteiger partial charge >= 0.3 is 12.1 Å². The number of nitrogens with zero attached hydrogens (tertiary/aromatic N) is 1. The zero-order valence-electron chi connectivity index (χ0n) is 18.8. The van der Waals surface area contributed by atoms with E-state index in [9.17, 15) is 27.2 Å². The lowest BCUT2D eigenvalue weighted by Crippen LogP contribution is -2.51. The lowest BCUT2D eigenvalue weighted by molar-refractivity contribution is -0.140. The molecule has 1 saturated heterocycles. The van der Waals surface area contributed by atoms with Crippen molar-refractivity contribution in [2.24, 2.45) is 0 Å². The van der Waals surface area contributed by atoms with Gasteiger partial charge in [-0.05, 0) is 67.6 Å². The summed E-state index contributed by atoms with van der Waals surface area (Å²) in [4.78, 5) is 26.8. The Kier molecular flexibility index (Phi) is 6.66. The van der Waals surface area contributed by atoms with Crippen molar-refractivity contribution >= 4 is 11.9 Å². The number of ether oxygens (including phenoxy) is 1. The van der Waals surface area contributed by atoms with E-state index in [1.54, 1.807) is 24.3 Å². The van der Waals surface area contributed by atoms with Crippen LogP contribution in [0.3, 0.4) is 0 Å². The van der Waals surface area contributed by atoms with Gasteiger partial charge in [-0.25, -0.2) is 9.18 Å². The van der Waals surface area contributed by atoms with Gasteiger partial charge in [0.15, 0.2) is 0 Å². The Morgan fingerprint density at radius 1 is 1.12 bits per heavy atom. The standard InChI is InChI=1S/C25H26F4N2O3/c1-34-23(33)17-6-8-18(9-7-17)24(11-12-24)30-22(32)21-4-2-3-13-31(21)15-16-5-10-20(26)19(14-16)25(27,28)29/h5-10,14,21H,2-4,11-13,15H2,1H3,(H,30,32)/t21-/m1/s1. The zero-order valence-corrected chi connectivity index (χ0v) is 18.8. The van der Waals surface area contributed by atoms with Crippen LogP contribution in [-0.2, 0) is 27.8 Å². The predicted octanol–water partition coefficient (Wildman–Crippen LogP) is 4.79. The number of hydrogen-bond acceptors (Lipinski definition) is 4. The van der Waals surface area contributed by atoms with Crippen LogP contribution in [0.4, 0.5) is 17.6 Å². The third-order valence-electron chi connectivity index (χ3n) is 6.61. The van der Waals surface area contributed by atoms with Crippen molar-refractivity contribution in [1.82, 2.24) is 10.2 Å². The quantitative estimate of drug-likeness (QED) is 0.479. The molecule has 0 radical (unpaired) electrons. The molecule has 1 atom stereocenters. The van der Waals surface area contributed by atoms with Crippen molar-refractivity contribution in [3.63, 3.8) is 0 Å². The molecule has 2 fully saturated rings. The van der Waals surface area contributed by atoms with Gasteiger partial charge in [-0.3, -0.25) is 9.69 Å². The first-order valence-corrected chi connectivity index (χ1v) is 11.2. The van der Waals surface area contributed by atoms with Crippen molar-refractivity contribution in [2.75, 3.05) is 13.7 Å². The third kappa shape index (κ3) is 5.09. The molecule has 1 saturated carbocycles. The molecule has 1 amide bonds. The van der Waals surface area contributed by atoms with Gasteiger partial charge in [-0.15, -0.1) is 0 Å². The second kappa shape index (κ2) is 9.37. The molecule has 9 heteroatoms. The molecule has 2 aromatic carbocycles. The molecule has 2 aliphatic rings. The minimum Gasteiger partial charge on any atom is -0.465 e. The topological polar surface area (TPSA) is 58.6 Å². The van der Waals surface area contributed by atoms with E-state index in [4.69, 9.17) is 4.74 Å². The van der Waals surface area contributed by atoms with Gasteiger partial charge in [-0.1, -0.05) is 24.6 Å². The van der Waals surface area contributed by atoms with Crippen LogP contribution < -0.4 is 5.32 Å². The number of amides is 1. The highest BCUT2D eigenvalue weighted by molar-refractivity contribution is 5.89. The summed E-state index contributed by atoms with van der Waals surface area (Å²) in [7, 11) is 1.31. The van der Waals surface area contributed by atoms with Gasteiger partial charge in [0.05, 0.1) is 29.8 Å². The molecule has 0 bridgehead atoms. The Morgan fingerprint density at radius 2 is 1.82 bits per heavy atom. The number of nitrogens with one attached hydrogen (secondary N) is 1. The van der Waals surface area contributed by atoms with E-state index in [-0.39, 0.29) is 12.5 Å². The largest absolute Gasteiger partial charge is 0.465 e. The van der Waals surface area contributed by atoms with Crippen molar-refractivity contribution < 1.29 is 31.9 Å². The Balaban J connectivity index is 1.47. The summed E-state index contributed by atoms with van der Waals surface area (Å²) in [6.45, 7) is 0.694. The fourth-order valence-electron chi connectivity index (χ4n) is 4.57. The SMILES string of the molecule is COC(=O)c1ccc(C2(NC(=O)[C@H]3CCCCN3Cc3ccc(F)c(C(F)(F)F)c3)CC2)cc1. The van der Waals surface area contributed by atoms with Gasteiger partial charge in [-0.2, -0.15) is 13.2 Å². The lowest BCUT2D eigenvalue weighted by atomic mass is 9.98. The van der Waals surface area contributed by atoms with E-state index >= 15 is 0 Å². The number of rotatable bonds is 6. The number of halogens is 4. The normalized spacial score (nSPS) is 20.0. The van der Waals surface area contributed by atoms with Crippen LogP contribution in [0.15, 0.2) is 42.5 Å². The number of benzene rings is 2. The molecule has 34 heavy (non-hydrogen) atoms. The van der Waals surface area contributed by atoms with Crippen molar-refractivity contribution in [2.45, 2.75) is 56.4 Å². The van der Waals surface area contributed by atoms with Crippen LogP contribution in [0.25, 0.3) is 0 Å². The summed E-state index contributed by atoms with van der Waals surface area (Å²) in [6, 6.07) is 9.42. The van der Waals surface area contributed by atoms with Crippen molar-refractivity contribution in [3.8, 4) is 0 Å². The summed E-state index contributed by atoms with van der Waals surface area (Å²) in [5.41, 5.74) is -0.175. The lowest BCUT2D eigenvalue weighted by Gasteiger charge is -2.36. The summed E-state index contributed by atoms with van der Waals surface area (Å²) in [5, 5.41) is 3.14. The average Bonchev–Trinajstić information content (AvgIpc) is 3.60. The van der Waals surface area contributed by atoms with E-state index in [0.717, 1.165) is 43.4 Å². The van der Waals surface area contributed by atoms with Crippen LogP contribution in [0.1, 0.15) is 59.2 Å². The maximum Gasteiger partial charge on any atom is 0.419 e. The molecule has 4 rings (SSSR count). The van der Waals surface area contributed by atoms with Gasteiger partial charge in [0, 0.05) is 6.54 Å². The number of hydrogen-bond donors (Lipinski definition) is 1. The second-order valence-electron chi connectivity index (χ2n) is 8.93. The summed E-state index contributed by atoms with van der Waals surface area (Å²) < 4.78 is 57.7. The molecular weight excluding hydrogens is 452 g/mol. The van der Waals surface area contributed by atoms with E-state index in [2.05, 4.69) is 5.32 Å². The highest BCUT2D eigenvalue weighted by atomic mass is 19.4. The van der Waals surface area contributed by atoms with Crippen LogP contribution in [0.5, 0.6) is 0 Å². The maximum atomic E-state index is 13.7. The number of alkyl halides is 3. The molecule has 182 valence electrons. The molecule has 1 N–H and O–H groups in total. The van der Waals surface area contributed by atoms with Gasteiger partial charge in [0.2, 0.25) is 5.91 Å². The minimum absolute atomic E-state index is 0.127. The molecule has 0 spiro atoms. The number of carbonyl (C=O) groups excluding carboxylic acids is 2. The first kappa shape index (κ1) is 24.2. The zero-order chi connectivity index (χ0) is 24.5. The fourth-order valence-corrected chi connectivity index (χ4v) is 4.57. The van der Waals surface area contributed by atoms with E-state index in [1.807, 2.05) is 4.90 Å². The molecule has 2 aromatic rings. The first-order chi connectivity index (χ1) is 16.1. The maximum absolute atomic E-state index is 13.7. The predicted molar refractivity (Wildman–Crippen MR) is 116 cm³/mol. The Bertz CT molecular complexity index is 1060. The number of likely N-dealkylation sites (tertiary alicyclic amines) is 1. The smallest absolute Gasteiger partial charge is 0.419 e. The third-order valence-corrected chi connectivity index (χ3v) is 6.61. The number of methoxy groups -OCH3 is 1. The van der Waals surface area contributed by atoms with E-state index < -0.39 is 35.1 Å². The fraction of sp³-hybridized carbons (Fsp3) is 0.440. The van der Waals surface area contributed by atoms with Crippen LogP contribution >= 0.6 is 0 Å². The van der Waals surface area contributed by atoms with Crippen LogP contribution in [0.2, 0.25) is 0 Å². The summed E-state index contributed by atoms with van der Waals surface area (Å²) in [6.07, 6.45) is -0.993. The molecule has 1 heterocycles. The summed E-state index contributed by atoms with van der Waals surface area (Å²) >= 11 is 0. The Morgan fingerprint density at radius 3 is 2.44 bits per heavy atom. The van der Waals surface area contributed by atoms with Gasteiger partial charge < -0.3 is 10.1 Å².